The van der Waals surface area contributed by atoms with E-state index in [1.54, 1.807) is 0 Å². The van der Waals surface area contributed by atoms with Crippen LogP contribution >= 0.6 is 0 Å². The van der Waals surface area contributed by atoms with Crippen LogP contribution in [0.25, 0.3) is 0 Å². The Morgan fingerprint density at radius 2 is 2.26 bits per heavy atom. The smallest absolute Gasteiger partial charge is 0.147 e. The highest BCUT2D eigenvalue weighted by atomic mass is 16.5. The zero-order valence-corrected chi connectivity index (χ0v) is 12.3. The van der Waals surface area contributed by atoms with Gasteiger partial charge in [-0.3, -0.25) is 4.98 Å². The molecule has 1 aliphatic rings. The average Bonchev–Trinajstić information content (AvgIpc) is 2.34. The molecule has 0 aliphatic carbocycles. The van der Waals surface area contributed by atoms with Gasteiger partial charge >= 0.3 is 0 Å². The summed E-state index contributed by atoms with van der Waals surface area (Å²) in [6, 6.07) is 0. The highest BCUT2D eigenvalue weighted by Gasteiger charge is 2.32. The van der Waals surface area contributed by atoms with E-state index in [1.165, 1.54) is 0 Å². The number of nitrogens with zero attached hydrogens (tertiary/aromatic N) is 3. The van der Waals surface area contributed by atoms with E-state index in [0.29, 0.717) is 0 Å². The predicted molar refractivity (Wildman–Crippen MR) is 76.3 cm³/mol. The summed E-state index contributed by atoms with van der Waals surface area (Å²) in [6.45, 7) is 11.8. The largest absolute Gasteiger partial charge is 0.369 e. The maximum atomic E-state index is 5.92. The number of hydrogen-bond donors (Lipinski definition) is 1. The van der Waals surface area contributed by atoms with Crippen molar-refractivity contribution in [3.05, 3.63) is 18.1 Å². The van der Waals surface area contributed by atoms with E-state index < -0.39 is 0 Å². The monoisotopic (exact) mass is 264 g/mol. The minimum Gasteiger partial charge on any atom is -0.369 e. The van der Waals surface area contributed by atoms with Crippen molar-refractivity contribution < 1.29 is 4.74 Å². The Labute approximate surface area is 115 Å². The lowest BCUT2D eigenvalue weighted by Crippen LogP contribution is -2.52. The number of rotatable bonds is 4. The number of ether oxygens (including phenoxy) is 1. The normalized spacial score (nSPS) is 22.5. The van der Waals surface area contributed by atoms with Gasteiger partial charge in [0.05, 0.1) is 23.6 Å². The number of nitrogens with one attached hydrogen (secondary N) is 1. The summed E-state index contributed by atoms with van der Waals surface area (Å²) in [5, 5.41) is 3.27. The lowest BCUT2D eigenvalue weighted by Gasteiger charge is -2.42. The van der Waals surface area contributed by atoms with E-state index in [2.05, 4.69) is 47.9 Å². The fourth-order valence-corrected chi connectivity index (χ4v) is 2.51. The minimum atomic E-state index is -0.142. The van der Waals surface area contributed by atoms with E-state index in [-0.39, 0.29) is 11.7 Å². The van der Waals surface area contributed by atoms with Crippen LogP contribution in [-0.2, 0) is 11.3 Å². The van der Waals surface area contributed by atoms with Crippen LogP contribution in [0.15, 0.2) is 12.4 Å². The van der Waals surface area contributed by atoms with E-state index in [9.17, 15) is 0 Å². The van der Waals surface area contributed by atoms with Crippen LogP contribution in [-0.4, -0.2) is 41.3 Å². The summed E-state index contributed by atoms with van der Waals surface area (Å²) < 4.78 is 5.92. The summed E-state index contributed by atoms with van der Waals surface area (Å²) in [5.74, 6) is 0.943. The average molecular weight is 264 g/mol. The van der Waals surface area contributed by atoms with Gasteiger partial charge in [0.15, 0.2) is 0 Å². The van der Waals surface area contributed by atoms with Gasteiger partial charge in [0.1, 0.15) is 5.82 Å². The molecule has 5 nitrogen and oxygen atoms in total. The topological polar surface area (TPSA) is 50.3 Å². The third-order valence-corrected chi connectivity index (χ3v) is 3.12. The first-order valence-electron chi connectivity index (χ1n) is 6.94. The van der Waals surface area contributed by atoms with Crippen LogP contribution in [0.2, 0.25) is 0 Å². The number of morpholine rings is 1. The molecule has 1 atom stereocenters. The molecule has 1 saturated heterocycles. The zero-order valence-electron chi connectivity index (χ0n) is 12.3. The van der Waals surface area contributed by atoms with Crippen LogP contribution < -0.4 is 10.2 Å². The molecule has 0 spiro atoms. The SMILES string of the molecule is CCNCc1cncc(N2CC(C)OC(C)(C)C2)n1. The molecule has 19 heavy (non-hydrogen) atoms. The van der Waals surface area contributed by atoms with E-state index in [4.69, 9.17) is 4.74 Å². The maximum Gasteiger partial charge on any atom is 0.147 e. The predicted octanol–water partition coefficient (Wildman–Crippen LogP) is 1.59. The summed E-state index contributed by atoms with van der Waals surface area (Å²) in [4.78, 5) is 11.2. The van der Waals surface area contributed by atoms with Gasteiger partial charge < -0.3 is 15.0 Å². The van der Waals surface area contributed by atoms with Crippen molar-refractivity contribution in [2.45, 2.75) is 45.9 Å². The van der Waals surface area contributed by atoms with Crippen molar-refractivity contribution in [1.82, 2.24) is 15.3 Å². The molecule has 1 aliphatic heterocycles. The Morgan fingerprint density at radius 1 is 1.47 bits per heavy atom. The standard InChI is InChI=1S/C14H24N4O/c1-5-15-6-12-7-16-8-13(17-12)18-9-11(2)19-14(3,4)10-18/h7-8,11,15H,5-6,9-10H2,1-4H3. The first-order chi connectivity index (χ1) is 9.00. The molecule has 0 bridgehead atoms. The van der Waals surface area contributed by atoms with Gasteiger partial charge in [-0.25, -0.2) is 4.98 Å². The molecule has 2 heterocycles. The van der Waals surface area contributed by atoms with Gasteiger partial charge in [0, 0.05) is 25.8 Å². The van der Waals surface area contributed by atoms with Crippen molar-refractivity contribution in [2.24, 2.45) is 0 Å². The van der Waals surface area contributed by atoms with Gasteiger partial charge in [-0.1, -0.05) is 6.92 Å². The Morgan fingerprint density at radius 3 is 2.95 bits per heavy atom. The van der Waals surface area contributed by atoms with Crippen LogP contribution in [0.4, 0.5) is 5.82 Å². The molecule has 1 aromatic heterocycles. The zero-order chi connectivity index (χ0) is 13.9. The molecule has 1 unspecified atom stereocenters. The van der Waals surface area contributed by atoms with Gasteiger partial charge in [-0.05, 0) is 27.3 Å². The van der Waals surface area contributed by atoms with E-state index in [0.717, 1.165) is 37.7 Å². The Bertz CT molecular complexity index is 422. The summed E-state index contributed by atoms with van der Waals surface area (Å²) in [6.07, 6.45) is 3.87. The second-order valence-corrected chi connectivity index (χ2v) is 5.72. The summed E-state index contributed by atoms with van der Waals surface area (Å²) in [7, 11) is 0. The van der Waals surface area contributed by atoms with Gasteiger partial charge in [0.25, 0.3) is 0 Å². The van der Waals surface area contributed by atoms with Gasteiger partial charge in [0.2, 0.25) is 0 Å². The molecule has 5 heteroatoms. The molecule has 1 N–H and O–H groups in total. The molecular weight excluding hydrogens is 240 g/mol. The molecule has 106 valence electrons. The third-order valence-electron chi connectivity index (χ3n) is 3.12. The fraction of sp³-hybridized carbons (Fsp3) is 0.714. The van der Waals surface area contributed by atoms with Crippen molar-refractivity contribution >= 4 is 5.82 Å². The number of aromatic nitrogens is 2. The Balaban J connectivity index is 2.12. The maximum absolute atomic E-state index is 5.92. The quantitative estimate of drug-likeness (QED) is 0.895. The van der Waals surface area contributed by atoms with E-state index in [1.807, 2.05) is 12.4 Å². The first-order valence-corrected chi connectivity index (χ1v) is 6.94. The molecule has 0 radical (unpaired) electrons. The molecular formula is C14H24N4O. The molecule has 0 saturated carbocycles. The first kappa shape index (κ1) is 14.2. The Hall–Kier alpha value is -1.20. The summed E-state index contributed by atoms with van der Waals surface area (Å²) in [5.41, 5.74) is 0.841. The molecule has 1 aromatic rings. The van der Waals surface area contributed by atoms with Crippen LogP contribution in [0.1, 0.15) is 33.4 Å². The van der Waals surface area contributed by atoms with Gasteiger partial charge in [-0.15, -0.1) is 0 Å². The molecule has 0 amide bonds. The second kappa shape index (κ2) is 5.84. The molecule has 1 fully saturated rings. The highest BCUT2D eigenvalue weighted by molar-refractivity contribution is 5.38. The minimum absolute atomic E-state index is 0.142. The van der Waals surface area contributed by atoms with Crippen molar-refractivity contribution in [1.29, 1.82) is 0 Å². The lowest BCUT2D eigenvalue weighted by atomic mass is 10.1. The highest BCUT2D eigenvalue weighted by Crippen LogP contribution is 2.24. The Kier molecular flexibility index (Phi) is 4.37. The van der Waals surface area contributed by atoms with Crippen molar-refractivity contribution in [2.75, 3.05) is 24.5 Å². The van der Waals surface area contributed by atoms with Crippen LogP contribution in [0.5, 0.6) is 0 Å². The lowest BCUT2D eigenvalue weighted by molar-refractivity contribution is -0.0751. The fourth-order valence-electron chi connectivity index (χ4n) is 2.51. The van der Waals surface area contributed by atoms with Crippen LogP contribution in [0, 0.1) is 0 Å². The van der Waals surface area contributed by atoms with Crippen molar-refractivity contribution in [3.63, 3.8) is 0 Å². The molecule has 0 aromatic carbocycles. The summed E-state index contributed by atoms with van der Waals surface area (Å²) >= 11 is 0. The van der Waals surface area contributed by atoms with E-state index >= 15 is 0 Å². The number of anilines is 1. The third kappa shape index (κ3) is 3.88. The number of hydrogen-bond acceptors (Lipinski definition) is 5. The van der Waals surface area contributed by atoms with Crippen LogP contribution in [0.3, 0.4) is 0 Å². The second-order valence-electron chi connectivity index (χ2n) is 5.72. The van der Waals surface area contributed by atoms with Crippen molar-refractivity contribution in [3.8, 4) is 0 Å². The molecule has 2 rings (SSSR count). The van der Waals surface area contributed by atoms with Gasteiger partial charge in [-0.2, -0.15) is 0 Å².